The van der Waals surface area contributed by atoms with E-state index in [2.05, 4.69) is 4.98 Å². The maximum absolute atomic E-state index is 13.8. The zero-order valence-electron chi connectivity index (χ0n) is 14.6. The smallest absolute Gasteiger partial charge is 0.246 e. The molecule has 3 rings (SSSR count). The van der Waals surface area contributed by atoms with E-state index in [9.17, 15) is 23.0 Å². The first-order valence-corrected chi connectivity index (χ1v) is 10.3. The normalized spacial score (nSPS) is 22.4. The van der Waals surface area contributed by atoms with Crippen molar-refractivity contribution >= 4 is 33.2 Å². The fourth-order valence-corrected chi connectivity index (χ4v) is 5.00. The first-order valence-electron chi connectivity index (χ1n) is 8.12. The van der Waals surface area contributed by atoms with E-state index < -0.39 is 40.7 Å². The Morgan fingerprint density at radius 2 is 2.10 bits per heavy atom. The number of hydrogen-bond donors (Lipinski definition) is 2. The summed E-state index contributed by atoms with van der Waals surface area (Å²) >= 11 is 11.6. The summed E-state index contributed by atoms with van der Waals surface area (Å²) in [6.45, 7) is -1.65. The number of rotatable bonds is 5. The largest absolute Gasteiger partial charge is 0.486 e. The molecule has 0 unspecified atom stereocenters. The summed E-state index contributed by atoms with van der Waals surface area (Å²) in [5, 5.41) is 28.8. The van der Waals surface area contributed by atoms with Crippen molar-refractivity contribution in [3.8, 4) is 11.8 Å². The summed E-state index contributed by atoms with van der Waals surface area (Å²) in [7, 11) is -4.20. The van der Waals surface area contributed by atoms with E-state index in [1.54, 1.807) is 6.07 Å². The fourth-order valence-electron chi connectivity index (χ4n) is 2.86. The van der Waals surface area contributed by atoms with Gasteiger partial charge in [0.05, 0.1) is 18.7 Å². The summed E-state index contributed by atoms with van der Waals surface area (Å²) in [6, 6.07) is 7.52. The second-order valence-corrected chi connectivity index (χ2v) is 8.99. The Hall–Kier alpha value is -2.00. The monoisotopic (exact) mass is 461 g/mol. The van der Waals surface area contributed by atoms with Gasteiger partial charge < -0.3 is 14.9 Å². The minimum atomic E-state index is -4.20. The Labute approximate surface area is 175 Å². The highest BCUT2D eigenvalue weighted by Gasteiger charge is 2.51. The molecule has 1 saturated heterocycles. The Morgan fingerprint density at radius 1 is 1.38 bits per heavy atom. The highest BCUT2D eigenvalue weighted by atomic mass is 35.5. The van der Waals surface area contributed by atoms with Gasteiger partial charge in [0.25, 0.3) is 0 Å². The molecule has 1 fully saturated rings. The van der Waals surface area contributed by atoms with E-state index in [-0.39, 0.29) is 33.1 Å². The van der Waals surface area contributed by atoms with Crippen LogP contribution in [-0.4, -0.2) is 59.3 Å². The average molecular weight is 462 g/mol. The number of pyridine rings is 1. The van der Waals surface area contributed by atoms with Crippen LogP contribution >= 0.6 is 23.2 Å². The van der Waals surface area contributed by atoms with Crippen LogP contribution in [0, 0.1) is 17.1 Å². The van der Waals surface area contributed by atoms with Crippen LogP contribution in [0.25, 0.3) is 0 Å². The number of ether oxygens (including phenoxy) is 1. The van der Waals surface area contributed by atoms with Crippen LogP contribution in [0.2, 0.25) is 10.3 Å². The number of hydrogen-bond acceptors (Lipinski definition) is 7. The lowest BCUT2D eigenvalue weighted by Gasteiger charge is -2.27. The second-order valence-electron chi connectivity index (χ2n) is 6.34. The molecule has 2 N–H and O–H groups in total. The molecule has 1 aromatic carbocycles. The number of benzene rings is 1. The molecule has 0 radical (unpaired) electrons. The van der Waals surface area contributed by atoms with Crippen molar-refractivity contribution in [1.82, 2.24) is 9.29 Å². The molecule has 2 aromatic rings. The molecular weight excluding hydrogens is 448 g/mol. The third-order valence-electron chi connectivity index (χ3n) is 4.43. The van der Waals surface area contributed by atoms with Gasteiger partial charge in [-0.25, -0.2) is 17.8 Å². The van der Waals surface area contributed by atoms with Crippen molar-refractivity contribution in [3.05, 3.63) is 52.0 Å². The summed E-state index contributed by atoms with van der Waals surface area (Å²) in [5.74, 6) is -0.872. The van der Waals surface area contributed by atoms with Gasteiger partial charge in [-0.3, -0.25) is 0 Å². The standard InChI is InChI=1S/C17H14Cl2FN3O5S/c18-15-4-3-13(16(19)22-15)29(26,27)23-7-14(17(25,8-23)9-24)28-11-2-1-10(6-21)12(20)5-11/h1-5,14,24-25H,7-9H2/t14-,17+/m0/s1. The maximum Gasteiger partial charge on any atom is 0.246 e. The van der Waals surface area contributed by atoms with Crippen molar-refractivity contribution < 1.29 is 27.8 Å². The van der Waals surface area contributed by atoms with Gasteiger partial charge in [0, 0.05) is 12.6 Å². The van der Waals surface area contributed by atoms with Crippen LogP contribution in [0.15, 0.2) is 35.2 Å². The van der Waals surface area contributed by atoms with Crippen LogP contribution in [0.1, 0.15) is 5.56 Å². The van der Waals surface area contributed by atoms with Gasteiger partial charge in [-0.15, -0.1) is 0 Å². The molecule has 0 aliphatic carbocycles. The molecule has 1 aliphatic rings. The van der Waals surface area contributed by atoms with Gasteiger partial charge in [0.2, 0.25) is 10.0 Å². The molecule has 29 heavy (non-hydrogen) atoms. The molecule has 8 nitrogen and oxygen atoms in total. The lowest BCUT2D eigenvalue weighted by atomic mass is 10.0. The quantitative estimate of drug-likeness (QED) is 0.647. The Morgan fingerprint density at radius 3 is 2.69 bits per heavy atom. The van der Waals surface area contributed by atoms with Crippen molar-refractivity contribution in [1.29, 1.82) is 5.26 Å². The van der Waals surface area contributed by atoms with E-state index in [0.29, 0.717) is 0 Å². The minimum absolute atomic E-state index is 0.00582. The van der Waals surface area contributed by atoms with Crippen molar-refractivity contribution in [3.63, 3.8) is 0 Å². The number of β-amino-alcohol motifs (C(OH)–C–C–N with tert-alkyl or cyclic N) is 1. The molecular formula is C17H14Cl2FN3O5S. The number of aliphatic hydroxyl groups excluding tert-OH is 1. The highest BCUT2D eigenvalue weighted by molar-refractivity contribution is 7.89. The van der Waals surface area contributed by atoms with Gasteiger partial charge in [0.1, 0.15) is 39.4 Å². The first-order chi connectivity index (χ1) is 13.6. The van der Waals surface area contributed by atoms with Gasteiger partial charge in [0.15, 0.2) is 5.15 Å². The van der Waals surface area contributed by atoms with E-state index in [4.69, 9.17) is 33.2 Å². The first kappa shape index (κ1) is 21.7. The fraction of sp³-hybridized carbons (Fsp3) is 0.294. The zero-order chi connectivity index (χ0) is 21.4. The number of aliphatic hydroxyl groups is 2. The third kappa shape index (κ3) is 4.16. The van der Waals surface area contributed by atoms with Crippen LogP contribution in [0.4, 0.5) is 4.39 Å². The summed E-state index contributed by atoms with van der Waals surface area (Å²) in [6.07, 6.45) is -1.21. The SMILES string of the molecule is N#Cc1ccc(O[C@H]2CN(S(=O)(=O)c3ccc(Cl)nc3Cl)C[C@@]2(O)CO)cc1F. The van der Waals surface area contributed by atoms with Gasteiger partial charge >= 0.3 is 0 Å². The van der Waals surface area contributed by atoms with Gasteiger partial charge in [-0.2, -0.15) is 9.57 Å². The van der Waals surface area contributed by atoms with Crippen molar-refractivity contribution in [2.24, 2.45) is 0 Å². The molecule has 0 saturated carbocycles. The topological polar surface area (TPSA) is 124 Å². The Bertz CT molecular complexity index is 1090. The molecule has 12 heteroatoms. The summed E-state index contributed by atoms with van der Waals surface area (Å²) in [4.78, 5) is 3.37. The Balaban J connectivity index is 1.89. The molecule has 0 bridgehead atoms. The number of nitrogens with zero attached hydrogens (tertiary/aromatic N) is 3. The molecule has 0 spiro atoms. The highest BCUT2D eigenvalue weighted by Crippen LogP contribution is 2.33. The van der Waals surface area contributed by atoms with Gasteiger partial charge in [-0.1, -0.05) is 23.2 Å². The lowest BCUT2D eigenvalue weighted by molar-refractivity contribution is -0.0641. The molecule has 2 atom stereocenters. The van der Waals surface area contributed by atoms with Crippen LogP contribution in [0.5, 0.6) is 5.75 Å². The molecule has 2 heterocycles. The summed E-state index contributed by atoms with van der Waals surface area (Å²) < 4.78 is 46.1. The van der Waals surface area contributed by atoms with Crippen LogP contribution in [0.3, 0.4) is 0 Å². The predicted octanol–water partition coefficient (Wildman–Crippen LogP) is 1.57. The molecule has 0 amide bonds. The molecule has 1 aliphatic heterocycles. The van der Waals surface area contributed by atoms with E-state index >= 15 is 0 Å². The minimum Gasteiger partial charge on any atom is -0.486 e. The number of aromatic nitrogens is 1. The van der Waals surface area contributed by atoms with E-state index in [1.165, 1.54) is 24.3 Å². The lowest BCUT2D eigenvalue weighted by Crippen LogP contribution is -2.48. The predicted molar refractivity (Wildman–Crippen MR) is 101 cm³/mol. The van der Waals surface area contributed by atoms with Crippen LogP contribution in [-0.2, 0) is 10.0 Å². The van der Waals surface area contributed by atoms with Crippen molar-refractivity contribution in [2.45, 2.75) is 16.6 Å². The number of sulfonamides is 1. The van der Waals surface area contributed by atoms with E-state index in [0.717, 1.165) is 10.4 Å². The van der Waals surface area contributed by atoms with Crippen molar-refractivity contribution in [2.75, 3.05) is 19.7 Å². The summed E-state index contributed by atoms with van der Waals surface area (Å²) in [5.41, 5.74) is -2.15. The second kappa shape index (κ2) is 8.02. The third-order valence-corrected chi connectivity index (χ3v) is 6.88. The van der Waals surface area contributed by atoms with E-state index in [1.807, 2.05) is 0 Å². The molecule has 1 aromatic heterocycles. The number of halogens is 3. The average Bonchev–Trinajstić information content (AvgIpc) is 2.99. The Kier molecular flexibility index (Phi) is 6.01. The van der Waals surface area contributed by atoms with Crippen LogP contribution < -0.4 is 4.74 Å². The maximum atomic E-state index is 13.8. The molecule has 154 valence electrons. The van der Waals surface area contributed by atoms with Gasteiger partial charge in [-0.05, 0) is 24.3 Å². The zero-order valence-corrected chi connectivity index (χ0v) is 16.9. The number of nitriles is 1.